The topological polar surface area (TPSA) is 41.1 Å². The summed E-state index contributed by atoms with van der Waals surface area (Å²) in [6, 6.07) is 11.5. The van der Waals surface area contributed by atoms with E-state index in [1.807, 2.05) is 0 Å². The first kappa shape index (κ1) is 13.6. The lowest BCUT2D eigenvalue weighted by atomic mass is 9.75. The van der Waals surface area contributed by atoms with Gasteiger partial charge in [-0.2, -0.15) is 0 Å². The number of hydrogen-bond donors (Lipinski definition) is 2. The SMILES string of the molecule is C[C@H]1C[C@@H](C(=O)NC2CC(c3ccccc3)C2)CCN1. The smallest absolute Gasteiger partial charge is 0.223 e. The van der Waals surface area contributed by atoms with Crippen molar-refractivity contribution in [3.63, 3.8) is 0 Å². The van der Waals surface area contributed by atoms with Crippen LogP contribution in [0.25, 0.3) is 0 Å². The molecule has 1 aromatic carbocycles. The van der Waals surface area contributed by atoms with E-state index in [-0.39, 0.29) is 11.8 Å². The largest absolute Gasteiger partial charge is 0.353 e. The molecule has 0 spiro atoms. The molecule has 3 heteroatoms. The van der Waals surface area contributed by atoms with Gasteiger partial charge < -0.3 is 10.6 Å². The van der Waals surface area contributed by atoms with E-state index < -0.39 is 0 Å². The Kier molecular flexibility index (Phi) is 4.06. The molecule has 0 unspecified atom stereocenters. The molecule has 1 amide bonds. The molecule has 1 aliphatic heterocycles. The van der Waals surface area contributed by atoms with Crippen molar-refractivity contribution >= 4 is 5.91 Å². The molecule has 1 heterocycles. The van der Waals surface area contributed by atoms with Crippen molar-refractivity contribution in [3.05, 3.63) is 35.9 Å². The molecule has 2 aliphatic rings. The number of nitrogens with one attached hydrogen (secondary N) is 2. The number of carbonyl (C=O) groups is 1. The zero-order chi connectivity index (χ0) is 13.9. The molecular weight excluding hydrogens is 248 g/mol. The van der Waals surface area contributed by atoms with Crippen LogP contribution in [-0.2, 0) is 4.79 Å². The molecule has 1 aromatic rings. The van der Waals surface area contributed by atoms with Gasteiger partial charge in [-0.05, 0) is 50.6 Å². The van der Waals surface area contributed by atoms with Gasteiger partial charge in [0.15, 0.2) is 0 Å². The summed E-state index contributed by atoms with van der Waals surface area (Å²) < 4.78 is 0. The van der Waals surface area contributed by atoms with Gasteiger partial charge in [0.05, 0.1) is 0 Å². The van der Waals surface area contributed by atoms with Crippen LogP contribution in [0.15, 0.2) is 30.3 Å². The number of amides is 1. The molecule has 2 fully saturated rings. The van der Waals surface area contributed by atoms with E-state index in [0.29, 0.717) is 18.0 Å². The lowest BCUT2D eigenvalue weighted by molar-refractivity contribution is -0.127. The molecule has 108 valence electrons. The van der Waals surface area contributed by atoms with Crippen LogP contribution in [-0.4, -0.2) is 24.5 Å². The molecule has 0 bridgehead atoms. The Morgan fingerprint density at radius 3 is 2.65 bits per heavy atom. The summed E-state index contributed by atoms with van der Waals surface area (Å²) in [6.07, 6.45) is 4.14. The predicted octanol–water partition coefficient (Wildman–Crippen LogP) is 2.44. The van der Waals surface area contributed by atoms with Gasteiger partial charge in [-0.3, -0.25) is 4.79 Å². The Hall–Kier alpha value is -1.35. The maximum atomic E-state index is 12.3. The van der Waals surface area contributed by atoms with Crippen LogP contribution >= 0.6 is 0 Å². The Balaban J connectivity index is 1.45. The van der Waals surface area contributed by atoms with Gasteiger partial charge in [0.2, 0.25) is 5.91 Å². The molecule has 1 aliphatic carbocycles. The fourth-order valence-electron chi connectivity index (χ4n) is 3.42. The average molecular weight is 272 g/mol. The summed E-state index contributed by atoms with van der Waals surface area (Å²) in [7, 11) is 0. The van der Waals surface area contributed by atoms with Gasteiger partial charge in [-0.1, -0.05) is 30.3 Å². The molecule has 2 atom stereocenters. The van der Waals surface area contributed by atoms with E-state index in [1.54, 1.807) is 0 Å². The second kappa shape index (κ2) is 5.96. The molecule has 0 radical (unpaired) electrons. The van der Waals surface area contributed by atoms with Gasteiger partial charge in [-0.15, -0.1) is 0 Å². The van der Waals surface area contributed by atoms with E-state index in [4.69, 9.17) is 0 Å². The van der Waals surface area contributed by atoms with Crippen molar-refractivity contribution in [3.8, 4) is 0 Å². The third-order valence-electron chi connectivity index (χ3n) is 4.75. The van der Waals surface area contributed by atoms with Crippen molar-refractivity contribution in [2.45, 2.75) is 50.6 Å². The van der Waals surface area contributed by atoms with Crippen LogP contribution in [0.4, 0.5) is 0 Å². The number of rotatable bonds is 3. The third-order valence-corrected chi connectivity index (χ3v) is 4.75. The molecule has 2 N–H and O–H groups in total. The van der Waals surface area contributed by atoms with Crippen LogP contribution in [0.2, 0.25) is 0 Å². The molecule has 3 rings (SSSR count). The molecule has 1 saturated heterocycles. The highest BCUT2D eigenvalue weighted by molar-refractivity contribution is 5.79. The van der Waals surface area contributed by atoms with Crippen molar-refractivity contribution in [2.24, 2.45) is 5.92 Å². The van der Waals surface area contributed by atoms with Crippen molar-refractivity contribution in [2.75, 3.05) is 6.54 Å². The first-order valence-electron chi connectivity index (χ1n) is 7.81. The monoisotopic (exact) mass is 272 g/mol. The second-order valence-corrected chi connectivity index (χ2v) is 6.36. The minimum atomic E-state index is 0.210. The van der Waals surface area contributed by atoms with Gasteiger partial charge in [-0.25, -0.2) is 0 Å². The number of piperidine rings is 1. The highest BCUT2D eigenvalue weighted by Crippen LogP contribution is 2.36. The molecule has 20 heavy (non-hydrogen) atoms. The number of carbonyl (C=O) groups excluding carboxylic acids is 1. The highest BCUT2D eigenvalue weighted by Gasteiger charge is 2.33. The first-order chi connectivity index (χ1) is 9.72. The summed E-state index contributed by atoms with van der Waals surface area (Å²) in [6.45, 7) is 3.13. The Bertz CT molecular complexity index is 453. The maximum absolute atomic E-state index is 12.3. The number of hydrogen-bond acceptors (Lipinski definition) is 2. The second-order valence-electron chi connectivity index (χ2n) is 6.36. The number of benzene rings is 1. The van der Waals surface area contributed by atoms with E-state index in [0.717, 1.165) is 32.2 Å². The summed E-state index contributed by atoms with van der Waals surface area (Å²) in [5, 5.41) is 6.64. The summed E-state index contributed by atoms with van der Waals surface area (Å²) in [4.78, 5) is 12.3. The Labute approximate surface area is 121 Å². The fraction of sp³-hybridized carbons (Fsp3) is 0.588. The summed E-state index contributed by atoms with van der Waals surface area (Å²) in [5.41, 5.74) is 1.41. The quantitative estimate of drug-likeness (QED) is 0.887. The van der Waals surface area contributed by atoms with Crippen molar-refractivity contribution in [1.82, 2.24) is 10.6 Å². The maximum Gasteiger partial charge on any atom is 0.223 e. The van der Waals surface area contributed by atoms with Crippen molar-refractivity contribution < 1.29 is 4.79 Å². The zero-order valence-electron chi connectivity index (χ0n) is 12.1. The minimum Gasteiger partial charge on any atom is -0.353 e. The van der Waals surface area contributed by atoms with Gasteiger partial charge in [0, 0.05) is 18.0 Å². The fourth-order valence-corrected chi connectivity index (χ4v) is 3.42. The van der Waals surface area contributed by atoms with Crippen LogP contribution in [0.3, 0.4) is 0 Å². The van der Waals surface area contributed by atoms with E-state index in [1.165, 1.54) is 5.56 Å². The van der Waals surface area contributed by atoms with Gasteiger partial charge in [0.1, 0.15) is 0 Å². The molecule has 1 saturated carbocycles. The summed E-state index contributed by atoms with van der Waals surface area (Å²) in [5.74, 6) is 1.12. The van der Waals surface area contributed by atoms with E-state index >= 15 is 0 Å². The van der Waals surface area contributed by atoms with Gasteiger partial charge >= 0.3 is 0 Å². The molecule has 3 nitrogen and oxygen atoms in total. The van der Waals surface area contributed by atoms with E-state index in [2.05, 4.69) is 47.9 Å². The first-order valence-corrected chi connectivity index (χ1v) is 7.81. The third kappa shape index (κ3) is 3.04. The summed E-state index contributed by atoms with van der Waals surface area (Å²) >= 11 is 0. The van der Waals surface area contributed by atoms with Crippen LogP contribution in [0.1, 0.15) is 44.1 Å². The van der Waals surface area contributed by atoms with Gasteiger partial charge in [0.25, 0.3) is 0 Å². The zero-order valence-corrected chi connectivity index (χ0v) is 12.1. The highest BCUT2D eigenvalue weighted by atomic mass is 16.1. The Morgan fingerprint density at radius 1 is 1.20 bits per heavy atom. The molecule has 0 aromatic heterocycles. The predicted molar refractivity (Wildman–Crippen MR) is 80.5 cm³/mol. The van der Waals surface area contributed by atoms with Crippen LogP contribution in [0.5, 0.6) is 0 Å². The lowest BCUT2D eigenvalue weighted by Crippen LogP contribution is -2.48. The average Bonchev–Trinajstić information content (AvgIpc) is 2.43. The van der Waals surface area contributed by atoms with Crippen molar-refractivity contribution in [1.29, 1.82) is 0 Å². The Morgan fingerprint density at radius 2 is 1.95 bits per heavy atom. The van der Waals surface area contributed by atoms with E-state index in [9.17, 15) is 4.79 Å². The lowest BCUT2D eigenvalue weighted by Gasteiger charge is -2.37. The van der Waals surface area contributed by atoms with Crippen LogP contribution in [0, 0.1) is 5.92 Å². The van der Waals surface area contributed by atoms with Crippen LogP contribution < -0.4 is 10.6 Å². The minimum absolute atomic E-state index is 0.210. The molecular formula is C17H24N2O. The standard InChI is InChI=1S/C17H24N2O/c1-12-9-14(7-8-18-12)17(20)19-16-10-15(11-16)13-5-3-2-4-6-13/h2-6,12,14-16,18H,7-11H2,1H3,(H,19,20)/t12-,14-,15?,16?/m0/s1. The normalized spacial score (nSPS) is 33.2.